The molecule has 1 N–H and O–H groups in total. The molecule has 9 heteroatoms. The molecule has 0 aliphatic carbocycles. The number of hydrogen-bond donors (Lipinski definition) is 1. The molecule has 0 unspecified atom stereocenters. The summed E-state index contributed by atoms with van der Waals surface area (Å²) < 4.78 is 64.5. The number of hydrogen-bond acceptors (Lipinski definition) is 3. The Kier molecular flexibility index (Phi) is 5.45. The average Bonchev–Trinajstić information content (AvgIpc) is 2.34. The van der Waals surface area contributed by atoms with Crippen molar-refractivity contribution in [3.05, 3.63) is 29.8 Å². The first kappa shape index (κ1) is 16.1. The minimum atomic E-state index is -4.39. The van der Waals surface area contributed by atoms with Crippen molar-refractivity contribution in [1.29, 1.82) is 0 Å². The molecular formula is C10H11ClF3NO3S. The van der Waals surface area contributed by atoms with Crippen molar-refractivity contribution >= 4 is 21.6 Å². The third-order valence-electron chi connectivity index (χ3n) is 1.97. The minimum Gasteiger partial charge on any atom is -0.484 e. The van der Waals surface area contributed by atoms with Gasteiger partial charge in [0.25, 0.3) is 0 Å². The molecule has 0 aromatic heterocycles. The van der Waals surface area contributed by atoms with Gasteiger partial charge in [0, 0.05) is 6.54 Å². The van der Waals surface area contributed by atoms with E-state index in [9.17, 15) is 21.6 Å². The summed E-state index contributed by atoms with van der Waals surface area (Å²) in [5.41, 5.74) is 0.577. The maximum atomic E-state index is 11.9. The summed E-state index contributed by atoms with van der Waals surface area (Å²) in [6, 6.07) is 5.58. The van der Waals surface area contributed by atoms with Crippen LogP contribution in [0.25, 0.3) is 0 Å². The lowest BCUT2D eigenvalue weighted by molar-refractivity contribution is -0.153. The normalized spacial score (nSPS) is 12.4. The van der Waals surface area contributed by atoms with Gasteiger partial charge in [-0.05, 0) is 17.7 Å². The van der Waals surface area contributed by atoms with Crippen molar-refractivity contribution in [2.45, 2.75) is 12.7 Å². The van der Waals surface area contributed by atoms with E-state index in [2.05, 4.69) is 9.46 Å². The maximum Gasteiger partial charge on any atom is 0.422 e. The van der Waals surface area contributed by atoms with Crippen LogP contribution in [-0.2, 0) is 16.6 Å². The van der Waals surface area contributed by atoms with Gasteiger partial charge in [-0.15, -0.1) is 11.6 Å². The first-order valence-electron chi connectivity index (χ1n) is 5.04. The fourth-order valence-electron chi connectivity index (χ4n) is 1.10. The Labute approximate surface area is 113 Å². The molecule has 0 aliphatic heterocycles. The molecule has 4 nitrogen and oxygen atoms in total. The Morgan fingerprint density at radius 2 is 1.79 bits per heavy atom. The summed E-state index contributed by atoms with van der Waals surface area (Å²) in [5.74, 6) is 0.0567. The summed E-state index contributed by atoms with van der Waals surface area (Å²) >= 11 is 5.19. The number of ether oxygens (including phenoxy) is 1. The van der Waals surface area contributed by atoms with E-state index in [0.29, 0.717) is 5.56 Å². The van der Waals surface area contributed by atoms with Gasteiger partial charge in [-0.2, -0.15) is 13.2 Å². The predicted octanol–water partition coefficient (Wildman–Crippen LogP) is 2.24. The van der Waals surface area contributed by atoms with Crippen LogP contribution in [0.1, 0.15) is 5.56 Å². The molecule has 0 amide bonds. The molecular weight excluding hydrogens is 307 g/mol. The van der Waals surface area contributed by atoms with Gasteiger partial charge in [-0.1, -0.05) is 12.1 Å². The van der Waals surface area contributed by atoms with Crippen molar-refractivity contribution in [2.24, 2.45) is 0 Å². The van der Waals surface area contributed by atoms with Gasteiger partial charge in [-0.25, -0.2) is 13.1 Å². The molecule has 0 bridgehead atoms. The fraction of sp³-hybridized carbons (Fsp3) is 0.400. The van der Waals surface area contributed by atoms with Gasteiger partial charge in [0.15, 0.2) is 6.61 Å². The van der Waals surface area contributed by atoms with Crippen molar-refractivity contribution in [3.8, 4) is 5.75 Å². The van der Waals surface area contributed by atoms with Gasteiger partial charge >= 0.3 is 6.18 Å². The van der Waals surface area contributed by atoms with Gasteiger partial charge in [0.1, 0.15) is 11.0 Å². The molecule has 1 aromatic carbocycles. The Hall–Kier alpha value is -0.990. The number of alkyl halides is 4. The summed E-state index contributed by atoms with van der Waals surface area (Å²) in [5, 5.41) is -0.556. The Morgan fingerprint density at radius 3 is 2.26 bits per heavy atom. The number of rotatable bonds is 6. The lowest BCUT2D eigenvalue weighted by Crippen LogP contribution is -2.23. The van der Waals surface area contributed by atoms with Crippen LogP contribution in [0.3, 0.4) is 0 Å². The van der Waals surface area contributed by atoms with Crippen LogP contribution >= 0.6 is 11.6 Å². The summed E-state index contributed by atoms with van der Waals surface area (Å²) in [6.07, 6.45) is -4.39. The SMILES string of the molecule is O=S(=O)(CCl)NCc1ccc(OCC(F)(F)F)cc1. The van der Waals surface area contributed by atoms with Crippen LogP contribution in [0.15, 0.2) is 24.3 Å². The second-order valence-corrected chi connectivity index (χ2v) is 5.98. The highest BCUT2D eigenvalue weighted by atomic mass is 35.5. The van der Waals surface area contributed by atoms with E-state index in [1.165, 1.54) is 24.3 Å². The number of sulfonamides is 1. The first-order valence-corrected chi connectivity index (χ1v) is 7.22. The molecule has 0 radical (unpaired) electrons. The summed E-state index contributed by atoms with van der Waals surface area (Å²) in [7, 11) is -3.52. The molecule has 108 valence electrons. The van der Waals surface area contributed by atoms with Crippen molar-refractivity contribution in [2.75, 3.05) is 11.8 Å². The molecule has 1 aromatic rings. The van der Waals surface area contributed by atoms with Crippen LogP contribution in [0.4, 0.5) is 13.2 Å². The topological polar surface area (TPSA) is 55.4 Å². The Balaban J connectivity index is 2.53. The highest BCUT2D eigenvalue weighted by Gasteiger charge is 2.28. The smallest absolute Gasteiger partial charge is 0.422 e. The van der Waals surface area contributed by atoms with Gasteiger partial charge in [0.05, 0.1) is 0 Å². The van der Waals surface area contributed by atoms with Gasteiger partial charge < -0.3 is 4.74 Å². The van der Waals surface area contributed by atoms with Gasteiger partial charge in [-0.3, -0.25) is 0 Å². The first-order chi connectivity index (χ1) is 8.72. The van der Waals surface area contributed by atoms with Crippen LogP contribution in [0.5, 0.6) is 5.75 Å². The summed E-state index contributed by atoms with van der Waals surface area (Å²) in [6.45, 7) is -1.36. The quantitative estimate of drug-likeness (QED) is 0.819. The zero-order valence-electron chi connectivity index (χ0n) is 9.58. The largest absolute Gasteiger partial charge is 0.484 e. The standard InChI is InChI=1S/C10H11ClF3NO3S/c11-7-19(16,17)15-5-8-1-3-9(4-2-8)18-6-10(12,13)14/h1-4,15H,5-7H2. The van der Waals surface area contributed by atoms with Crippen LogP contribution in [0.2, 0.25) is 0 Å². The van der Waals surface area contributed by atoms with E-state index in [1.807, 2.05) is 0 Å². The van der Waals surface area contributed by atoms with Crippen molar-refractivity contribution < 1.29 is 26.3 Å². The number of benzene rings is 1. The Bertz CT molecular complexity index is 502. The molecule has 1 rings (SSSR count). The van der Waals surface area contributed by atoms with Crippen molar-refractivity contribution in [1.82, 2.24) is 4.72 Å². The molecule has 0 saturated heterocycles. The van der Waals surface area contributed by atoms with E-state index >= 15 is 0 Å². The second-order valence-electron chi connectivity index (χ2n) is 3.59. The van der Waals surface area contributed by atoms with Crippen LogP contribution < -0.4 is 9.46 Å². The van der Waals surface area contributed by atoms with Crippen molar-refractivity contribution in [3.63, 3.8) is 0 Å². The second kappa shape index (κ2) is 6.44. The lowest BCUT2D eigenvalue weighted by atomic mass is 10.2. The fourth-order valence-corrected chi connectivity index (χ4v) is 1.80. The third-order valence-corrected chi connectivity index (χ3v) is 3.70. The number of halogens is 4. The van der Waals surface area contributed by atoms with E-state index in [0.717, 1.165) is 0 Å². The van der Waals surface area contributed by atoms with E-state index in [1.54, 1.807) is 0 Å². The predicted molar refractivity (Wildman–Crippen MR) is 64.5 cm³/mol. The van der Waals surface area contributed by atoms with E-state index in [-0.39, 0.29) is 12.3 Å². The highest BCUT2D eigenvalue weighted by Crippen LogP contribution is 2.18. The summed E-state index contributed by atoms with van der Waals surface area (Å²) in [4.78, 5) is 0. The Morgan fingerprint density at radius 1 is 1.21 bits per heavy atom. The highest BCUT2D eigenvalue weighted by molar-refractivity contribution is 7.90. The molecule has 0 saturated carbocycles. The zero-order valence-corrected chi connectivity index (χ0v) is 11.1. The average molecular weight is 318 g/mol. The molecule has 0 fully saturated rings. The third kappa shape index (κ3) is 6.65. The molecule has 0 atom stereocenters. The monoisotopic (exact) mass is 317 g/mol. The minimum absolute atomic E-state index is 0.00854. The van der Waals surface area contributed by atoms with Gasteiger partial charge in [0.2, 0.25) is 10.0 Å². The van der Waals surface area contributed by atoms with E-state index in [4.69, 9.17) is 11.6 Å². The van der Waals surface area contributed by atoms with E-state index < -0.39 is 28.0 Å². The molecule has 0 heterocycles. The zero-order chi connectivity index (χ0) is 14.5. The van der Waals surface area contributed by atoms with Crippen LogP contribution in [-0.4, -0.2) is 26.4 Å². The maximum absolute atomic E-state index is 11.9. The molecule has 0 aliphatic rings. The van der Waals surface area contributed by atoms with Crippen LogP contribution in [0, 0.1) is 0 Å². The molecule has 19 heavy (non-hydrogen) atoms. The number of nitrogens with one attached hydrogen (secondary N) is 1. The molecule has 0 spiro atoms. The lowest BCUT2D eigenvalue weighted by Gasteiger charge is -2.09.